The molecule has 6 N–H and O–H groups in total. The van der Waals surface area contributed by atoms with Gasteiger partial charge in [-0.05, 0) is 66.5 Å². The van der Waals surface area contributed by atoms with Crippen molar-refractivity contribution in [1.29, 1.82) is 0 Å². The summed E-state index contributed by atoms with van der Waals surface area (Å²) in [5.41, 5.74) is -2.23. The van der Waals surface area contributed by atoms with Crippen molar-refractivity contribution in [2.24, 2.45) is 0 Å². The monoisotopic (exact) mass is 600 g/mol. The molecular weight excluding hydrogens is 576 g/mol. The number of anilines is 4. The van der Waals surface area contributed by atoms with E-state index < -0.39 is 51.6 Å². The van der Waals surface area contributed by atoms with Crippen molar-refractivity contribution in [2.45, 2.75) is 37.3 Å². The van der Waals surface area contributed by atoms with E-state index >= 15 is 0 Å². The molecule has 182 valence electrons. The van der Waals surface area contributed by atoms with Crippen molar-refractivity contribution >= 4 is 55.5 Å². The van der Waals surface area contributed by atoms with Crippen LogP contribution in [0.1, 0.15) is 25.7 Å². The molecule has 0 radical (unpaired) electrons. The van der Waals surface area contributed by atoms with Gasteiger partial charge in [-0.1, -0.05) is 0 Å². The van der Waals surface area contributed by atoms with E-state index in [1.165, 1.54) is 19.2 Å². The van der Waals surface area contributed by atoms with E-state index in [2.05, 4.69) is 20.1 Å². The maximum Gasteiger partial charge on any atom is 0.299 e. The summed E-state index contributed by atoms with van der Waals surface area (Å²) >= 11 is 1.89. The maximum atomic E-state index is 14.8. The number of rotatable bonds is 10. The van der Waals surface area contributed by atoms with Crippen LogP contribution in [-0.4, -0.2) is 43.9 Å². The van der Waals surface area contributed by atoms with E-state index in [9.17, 15) is 26.7 Å². The zero-order chi connectivity index (χ0) is 24.4. The van der Waals surface area contributed by atoms with E-state index in [1.54, 1.807) is 6.07 Å². The van der Waals surface area contributed by atoms with Crippen molar-refractivity contribution in [3.63, 3.8) is 0 Å². The van der Waals surface area contributed by atoms with Gasteiger partial charge in [0.25, 0.3) is 10.2 Å². The van der Waals surface area contributed by atoms with Crippen LogP contribution in [-0.2, 0) is 10.2 Å². The Morgan fingerprint density at radius 1 is 1.12 bits per heavy atom. The van der Waals surface area contributed by atoms with Gasteiger partial charge in [0.1, 0.15) is 11.5 Å². The Labute approximate surface area is 203 Å². The van der Waals surface area contributed by atoms with Crippen molar-refractivity contribution < 1.29 is 31.8 Å². The van der Waals surface area contributed by atoms with Gasteiger partial charge in [-0.15, -0.1) is 0 Å². The van der Waals surface area contributed by atoms with E-state index in [0.717, 1.165) is 6.07 Å². The summed E-state index contributed by atoms with van der Waals surface area (Å²) < 4.78 is 74.5. The second-order valence-corrected chi connectivity index (χ2v) is 10.5. The molecule has 0 spiro atoms. The molecule has 3 rings (SSSR count). The van der Waals surface area contributed by atoms with Gasteiger partial charge in [-0.3, -0.25) is 4.72 Å². The highest BCUT2D eigenvalue weighted by Crippen LogP contribution is 2.40. The van der Waals surface area contributed by atoms with Crippen molar-refractivity contribution in [3.05, 3.63) is 45.3 Å². The molecule has 1 atom stereocenters. The molecule has 1 unspecified atom stereocenters. The Hall–Kier alpha value is -1.81. The molecule has 8 nitrogen and oxygen atoms in total. The molecule has 2 aromatic rings. The third-order valence-electron chi connectivity index (χ3n) is 5.41. The molecule has 2 aromatic carbocycles. The lowest BCUT2D eigenvalue weighted by Crippen LogP contribution is -2.56. The highest BCUT2D eigenvalue weighted by atomic mass is 127. The van der Waals surface area contributed by atoms with Gasteiger partial charge >= 0.3 is 0 Å². The molecule has 0 heterocycles. The highest BCUT2D eigenvalue weighted by molar-refractivity contribution is 14.1. The molecule has 0 amide bonds. The molecule has 13 heteroatoms. The van der Waals surface area contributed by atoms with Crippen LogP contribution in [0.5, 0.6) is 0 Å². The number of aliphatic hydroxyl groups excluding tert-OH is 2. The third kappa shape index (κ3) is 6.01. The SMILES string of the molecule is CNc1cc(F)c(F)c(Nc2ccc(I)cc2F)c1NS(=O)(=O)NC1(CC(O)CO)CCC1. The first-order valence-electron chi connectivity index (χ1n) is 10.0. The van der Waals surface area contributed by atoms with Gasteiger partial charge in [0.05, 0.1) is 29.8 Å². The fourth-order valence-electron chi connectivity index (χ4n) is 3.68. The van der Waals surface area contributed by atoms with Crippen LogP contribution in [0.15, 0.2) is 24.3 Å². The molecule has 0 bridgehead atoms. The van der Waals surface area contributed by atoms with Crippen LogP contribution < -0.4 is 20.1 Å². The largest absolute Gasteiger partial charge is 0.394 e. The predicted octanol–water partition coefficient (Wildman–Crippen LogP) is 3.41. The van der Waals surface area contributed by atoms with Crippen molar-refractivity contribution in [2.75, 3.05) is 29.0 Å². The van der Waals surface area contributed by atoms with Gasteiger partial charge in [-0.25, -0.2) is 13.2 Å². The lowest BCUT2D eigenvalue weighted by atomic mass is 9.74. The minimum absolute atomic E-state index is 0.0138. The topological polar surface area (TPSA) is 123 Å². The number of benzene rings is 2. The molecule has 0 aromatic heterocycles. The molecular formula is C20H24F3IN4O4S. The summed E-state index contributed by atoms with van der Waals surface area (Å²) in [6, 6.07) is 4.81. The van der Waals surface area contributed by atoms with Gasteiger partial charge in [-0.2, -0.15) is 13.1 Å². The second kappa shape index (κ2) is 10.2. The Bertz CT molecular complexity index is 1130. The first-order valence-corrected chi connectivity index (χ1v) is 12.6. The van der Waals surface area contributed by atoms with Gasteiger partial charge in [0.2, 0.25) is 0 Å². The fourth-order valence-corrected chi connectivity index (χ4v) is 5.53. The number of aliphatic hydroxyl groups is 2. The van der Waals surface area contributed by atoms with Crippen molar-refractivity contribution in [3.8, 4) is 0 Å². The fraction of sp³-hybridized carbons (Fsp3) is 0.400. The molecule has 0 aliphatic heterocycles. The minimum Gasteiger partial charge on any atom is -0.394 e. The molecule has 1 aliphatic rings. The molecule has 0 saturated heterocycles. The minimum atomic E-state index is -4.36. The van der Waals surface area contributed by atoms with E-state index in [4.69, 9.17) is 5.11 Å². The normalized spacial score (nSPS) is 16.1. The van der Waals surface area contributed by atoms with Crippen LogP contribution in [0.4, 0.5) is 35.9 Å². The second-order valence-electron chi connectivity index (χ2n) is 7.85. The highest BCUT2D eigenvalue weighted by Gasteiger charge is 2.42. The Morgan fingerprint density at radius 2 is 1.82 bits per heavy atom. The standard InChI is InChI=1S/C20H24F3IN4O4S/c1-25-16-8-14(22)17(23)19(26-15-4-3-11(24)7-13(15)21)18(16)27-33(31,32)28-20(5-2-6-20)9-12(30)10-29/h3-4,7-8,12,25-30H,2,5-6,9-10H2,1H3. The molecule has 1 fully saturated rings. The van der Waals surface area contributed by atoms with Crippen LogP contribution in [0.25, 0.3) is 0 Å². The molecule has 1 saturated carbocycles. The summed E-state index contributed by atoms with van der Waals surface area (Å²) in [7, 11) is -2.97. The van der Waals surface area contributed by atoms with Gasteiger partial charge in [0.15, 0.2) is 11.6 Å². The summed E-state index contributed by atoms with van der Waals surface area (Å²) in [6.45, 7) is -0.528. The lowest BCUT2D eigenvalue weighted by molar-refractivity contribution is 0.0446. The summed E-state index contributed by atoms with van der Waals surface area (Å²) in [5.74, 6) is -3.42. The summed E-state index contributed by atoms with van der Waals surface area (Å²) in [5, 5.41) is 24.0. The van der Waals surface area contributed by atoms with E-state index in [0.29, 0.717) is 22.8 Å². The molecule has 1 aliphatic carbocycles. The average Bonchev–Trinajstić information content (AvgIpc) is 2.72. The van der Waals surface area contributed by atoms with Crippen LogP contribution in [0.3, 0.4) is 0 Å². The number of hydrogen-bond donors (Lipinski definition) is 6. The van der Waals surface area contributed by atoms with Gasteiger partial charge in [0, 0.05) is 22.2 Å². The van der Waals surface area contributed by atoms with Crippen molar-refractivity contribution in [1.82, 2.24) is 4.72 Å². The predicted molar refractivity (Wildman–Crippen MR) is 128 cm³/mol. The lowest BCUT2D eigenvalue weighted by Gasteiger charge is -2.43. The molecule has 33 heavy (non-hydrogen) atoms. The Kier molecular flexibility index (Phi) is 7.99. The van der Waals surface area contributed by atoms with E-state index in [-0.39, 0.29) is 23.5 Å². The van der Waals surface area contributed by atoms with E-state index in [1.807, 2.05) is 22.6 Å². The number of hydrogen-bond acceptors (Lipinski definition) is 6. The van der Waals surface area contributed by atoms with Crippen LogP contribution in [0, 0.1) is 21.0 Å². The van der Waals surface area contributed by atoms with Gasteiger partial charge < -0.3 is 20.8 Å². The zero-order valence-corrected chi connectivity index (χ0v) is 20.5. The Morgan fingerprint density at radius 3 is 2.36 bits per heavy atom. The summed E-state index contributed by atoms with van der Waals surface area (Å²) in [4.78, 5) is 0. The quantitative estimate of drug-likeness (QED) is 0.233. The van der Waals surface area contributed by atoms with Crippen LogP contribution in [0.2, 0.25) is 0 Å². The first kappa shape index (κ1) is 25.8. The smallest absolute Gasteiger partial charge is 0.299 e. The Balaban J connectivity index is 1.98. The maximum absolute atomic E-state index is 14.8. The number of halogens is 4. The average molecular weight is 600 g/mol. The zero-order valence-electron chi connectivity index (χ0n) is 17.6. The number of nitrogens with one attached hydrogen (secondary N) is 4. The first-order chi connectivity index (χ1) is 15.5. The van der Waals surface area contributed by atoms with Crippen LogP contribution >= 0.6 is 22.6 Å². The summed E-state index contributed by atoms with van der Waals surface area (Å²) in [6.07, 6.45) is 0.443. The third-order valence-corrected chi connectivity index (χ3v) is 7.26.